The number of hydrogen-bond donors (Lipinski definition) is 0. The standard InChI is InChI=1S/C25H30N4O4S/c1-3-32-24(31)19-11-13-28(14-12-19)22(30)10-6-16-34-25-27-26-23(21-9-5-15-33-21)29(25)20-8-4-7-18(2)17-20/h4-5,7-9,15,17,19H,3,6,10-14,16H2,1-2H3. The third-order valence-electron chi connectivity index (χ3n) is 5.87. The molecule has 3 heterocycles. The number of hydrogen-bond acceptors (Lipinski definition) is 7. The van der Waals surface area contributed by atoms with Crippen LogP contribution < -0.4 is 0 Å². The van der Waals surface area contributed by atoms with Crippen molar-refractivity contribution in [2.24, 2.45) is 5.92 Å². The van der Waals surface area contributed by atoms with E-state index in [0.29, 0.717) is 50.5 Å². The summed E-state index contributed by atoms with van der Waals surface area (Å²) < 4.78 is 12.7. The molecule has 0 bridgehead atoms. The Bertz CT molecular complexity index is 1100. The van der Waals surface area contributed by atoms with E-state index in [-0.39, 0.29) is 17.8 Å². The molecular weight excluding hydrogens is 452 g/mol. The number of ether oxygens (including phenoxy) is 1. The molecule has 1 saturated heterocycles. The molecule has 1 aromatic carbocycles. The Balaban J connectivity index is 1.33. The van der Waals surface area contributed by atoms with Crippen molar-refractivity contribution in [3.05, 3.63) is 48.2 Å². The van der Waals surface area contributed by atoms with Crippen molar-refractivity contribution in [3.8, 4) is 17.3 Å². The largest absolute Gasteiger partial charge is 0.466 e. The maximum absolute atomic E-state index is 12.7. The summed E-state index contributed by atoms with van der Waals surface area (Å²) in [7, 11) is 0. The molecule has 1 aliphatic rings. The molecule has 0 radical (unpaired) electrons. The van der Waals surface area contributed by atoms with Gasteiger partial charge in [-0.15, -0.1) is 10.2 Å². The average Bonchev–Trinajstić information content (AvgIpc) is 3.52. The number of likely N-dealkylation sites (tertiary alicyclic amines) is 1. The number of carbonyl (C=O) groups excluding carboxylic acids is 2. The van der Waals surface area contributed by atoms with Gasteiger partial charge in [-0.25, -0.2) is 0 Å². The molecule has 8 nitrogen and oxygen atoms in total. The Labute approximate surface area is 203 Å². The molecule has 0 spiro atoms. The van der Waals surface area contributed by atoms with Crippen LogP contribution in [0.5, 0.6) is 0 Å². The van der Waals surface area contributed by atoms with E-state index in [1.54, 1.807) is 18.0 Å². The Morgan fingerprint density at radius 2 is 2.00 bits per heavy atom. The van der Waals surface area contributed by atoms with Gasteiger partial charge in [0.15, 0.2) is 10.9 Å². The maximum atomic E-state index is 12.7. The highest BCUT2D eigenvalue weighted by Gasteiger charge is 2.28. The van der Waals surface area contributed by atoms with E-state index in [1.807, 2.05) is 53.6 Å². The minimum absolute atomic E-state index is 0.0871. The van der Waals surface area contributed by atoms with Gasteiger partial charge in [-0.2, -0.15) is 0 Å². The maximum Gasteiger partial charge on any atom is 0.309 e. The molecule has 0 unspecified atom stereocenters. The van der Waals surface area contributed by atoms with Crippen LogP contribution >= 0.6 is 11.8 Å². The fourth-order valence-electron chi connectivity index (χ4n) is 4.10. The van der Waals surface area contributed by atoms with Crippen LogP contribution in [-0.4, -0.2) is 57.0 Å². The minimum atomic E-state index is -0.141. The van der Waals surface area contributed by atoms with Gasteiger partial charge in [-0.3, -0.25) is 14.2 Å². The van der Waals surface area contributed by atoms with E-state index in [1.165, 1.54) is 0 Å². The van der Waals surface area contributed by atoms with E-state index >= 15 is 0 Å². The molecule has 1 amide bonds. The van der Waals surface area contributed by atoms with Crippen LogP contribution in [-0.2, 0) is 14.3 Å². The van der Waals surface area contributed by atoms with E-state index in [0.717, 1.165) is 28.6 Å². The van der Waals surface area contributed by atoms with Gasteiger partial charge >= 0.3 is 5.97 Å². The summed E-state index contributed by atoms with van der Waals surface area (Å²) in [5, 5.41) is 9.54. The molecular formula is C25H30N4O4S. The fraction of sp³-hybridized carbons (Fsp3) is 0.440. The van der Waals surface area contributed by atoms with Gasteiger partial charge in [0.2, 0.25) is 11.7 Å². The zero-order chi connectivity index (χ0) is 23.9. The summed E-state index contributed by atoms with van der Waals surface area (Å²) >= 11 is 1.58. The quantitative estimate of drug-likeness (QED) is 0.252. The average molecular weight is 483 g/mol. The first-order valence-corrected chi connectivity index (χ1v) is 12.7. The first kappa shape index (κ1) is 24.1. The fourth-order valence-corrected chi connectivity index (χ4v) is 4.99. The molecule has 3 aromatic rings. The highest BCUT2D eigenvalue weighted by atomic mass is 32.2. The predicted molar refractivity (Wildman–Crippen MR) is 130 cm³/mol. The van der Waals surface area contributed by atoms with E-state index in [4.69, 9.17) is 9.15 Å². The Kier molecular flexibility index (Phi) is 8.05. The van der Waals surface area contributed by atoms with Crippen LogP contribution in [0.4, 0.5) is 0 Å². The molecule has 1 fully saturated rings. The molecule has 0 aliphatic carbocycles. The van der Waals surface area contributed by atoms with Crippen LogP contribution in [0.15, 0.2) is 52.2 Å². The summed E-state index contributed by atoms with van der Waals surface area (Å²) in [5.74, 6) is 1.96. The smallest absolute Gasteiger partial charge is 0.309 e. The summed E-state index contributed by atoms with van der Waals surface area (Å²) in [6.07, 6.45) is 4.18. The van der Waals surface area contributed by atoms with Crippen LogP contribution in [0, 0.1) is 12.8 Å². The number of piperidine rings is 1. The summed E-state index contributed by atoms with van der Waals surface area (Å²) in [6, 6.07) is 11.9. The van der Waals surface area contributed by atoms with Crippen molar-refractivity contribution in [2.75, 3.05) is 25.4 Å². The number of carbonyl (C=O) groups is 2. The molecule has 0 saturated carbocycles. The predicted octanol–water partition coefficient (Wildman–Crippen LogP) is 4.51. The lowest BCUT2D eigenvalue weighted by Crippen LogP contribution is -2.40. The van der Waals surface area contributed by atoms with Crippen molar-refractivity contribution < 1.29 is 18.7 Å². The normalized spacial score (nSPS) is 14.4. The van der Waals surface area contributed by atoms with Crippen LogP contribution in [0.3, 0.4) is 0 Å². The lowest BCUT2D eigenvalue weighted by Gasteiger charge is -2.31. The number of amides is 1. The minimum Gasteiger partial charge on any atom is -0.466 e. The monoisotopic (exact) mass is 482 g/mol. The van der Waals surface area contributed by atoms with Gasteiger partial charge in [0.25, 0.3) is 0 Å². The first-order valence-electron chi connectivity index (χ1n) is 11.7. The first-order chi connectivity index (χ1) is 16.6. The van der Waals surface area contributed by atoms with Crippen LogP contribution in [0.2, 0.25) is 0 Å². The molecule has 34 heavy (non-hydrogen) atoms. The summed E-state index contributed by atoms with van der Waals surface area (Å²) in [4.78, 5) is 26.4. The Morgan fingerprint density at radius 1 is 1.18 bits per heavy atom. The Morgan fingerprint density at radius 3 is 2.71 bits per heavy atom. The highest BCUT2D eigenvalue weighted by molar-refractivity contribution is 7.99. The number of benzene rings is 1. The second-order valence-electron chi connectivity index (χ2n) is 8.32. The summed E-state index contributed by atoms with van der Waals surface area (Å²) in [5.41, 5.74) is 2.12. The van der Waals surface area contributed by atoms with Crippen LogP contribution in [0.1, 0.15) is 38.2 Å². The van der Waals surface area contributed by atoms with E-state index in [9.17, 15) is 9.59 Å². The van der Waals surface area contributed by atoms with Gasteiger partial charge in [-0.1, -0.05) is 23.9 Å². The van der Waals surface area contributed by atoms with Gasteiger partial charge in [-0.05, 0) is 62.9 Å². The van der Waals surface area contributed by atoms with Crippen molar-refractivity contribution in [3.63, 3.8) is 0 Å². The number of nitrogens with zero attached hydrogens (tertiary/aromatic N) is 4. The third-order valence-corrected chi connectivity index (χ3v) is 6.88. The molecule has 4 rings (SSSR count). The topological polar surface area (TPSA) is 90.5 Å². The molecule has 0 N–H and O–H groups in total. The SMILES string of the molecule is CCOC(=O)C1CCN(C(=O)CCCSc2nnc(-c3ccco3)n2-c2cccc(C)c2)CC1. The lowest BCUT2D eigenvalue weighted by molar-refractivity contribution is -0.151. The van der Waals surface area contributed by atoms with Gasteiger partial charge in [0.1, 0.15) is 0 Å². The van der Waals surface area contributed by atoms with Crippen LogP contribution in [0.25, 0.3) is 17.3 Å². The number of rotatable bonds is 9. The highest BCUT2D eigenvalue weighted by Crippen LogP contribution is 2.29. The van der Waals surface area contributed by atoms with Gasteiger partial charge in [0, 0.05) is 25.3 Å². The number of thioether (sulfide) groups is 1. The van der Waals surface area contributed by atoms with Crippen molar-refractivity contribution in [1.82, 2.24) is 19.7 Å². The lowest BCUT2D eigenvalue weighted by atomic mass is 9.97. The zero-order valence-corrected chi connectivity index (χ0v) is 20.4. The van der Waals surface area contributed by atoms with E-state index in [2.05, 4.69) is 16.3 Å². The third kappa shape index (κ3) is 5.70. The number of esters is 1. The molecule has 1 aliphatic heterocycles. The Hall–Kier alpha value is -3.07. The van der Waals surface area contributed by atoms with Crippen molar-refractivity contribution in [2.45, 2.75) is 44.7 Å². The van der Waals surface area contributed by atoms with Crippen molar-refractivity contribution in [1.29, 1.82) is 0 Å². The van der Waals surface area contributed by atoms with Crippen molar-refractivity contribution >= 4 is 23.6 Å². The van der Waals surface area contributed by atoms with E-state index < -0.39 is 0 Å². The molecule has 9 heteroatoms. The number of aryl methyl sites for hydroxylation is 1. The molecule has 0 atom stereocenters. The number of aromatic nitrogens is 3. The number of furan rings is 1. The zero-order valence-electron chi connectivity index (χ0n) is 19.6. The van der Waals surface area contributed by atoms with Gasteiger partial charge < -0.3 is 14.1 Å². The second-order valence-corrected chi connectivity index (χ2v) is 9.38. The second kappa shape index (κ2) is 11.4. The summed E-state index contributed by atoms with van der Waals surface area (Å²) in [6.45, 7) is 5.49. The molecule has 2 aromatic heterocycles. The van der Waals surface area contributed by atoms with Gasteiger partial charge in [0.05, 0.1) is 24.5 Å². The molecule has 180 valence electrons.